The molecular formula is C7H5F4NO2. The van der Waals surface area contributed by atoms with Crippen LogP contribution in [0.15, 0.2) is 17.1 Å². The molecule has 7 heteroatoms. The van der Waals surface area contributed by atoms with Crippen LogP contribution in [0.5, 0.6) is 5.75 Å². The molecule has 1 heterocycles. The molecule has 3 nitrogen and oxygen atoms in total. The van der Waals surface area contributed by atoms with Crippen molar-refractivity contribution in [3.05, 3.63) is 28.2 Å². The molecule has 0 aliphatic carbocycles. The number of pyridine rings is 1. The molecule has 0 unspecified atom stereocenters. The van der Waals surface area contributed by atoms with Crippen molar-refractivity contribution >= 4 is 0 Å². The summed E-state index contributed by atoms with van der Waals surface area (Å²) in [5.41, 5.74) is -1.55. The van der Waals surface area contributed by atoms with Gasteiger partial charge in [-0.25, -0.2) is 4.39 Å². The van der Waals surface area contributed by atoms with Crippen molar-refractivity contribution in [3.63, 3.8) is 0 Å². The van der Waals surface area contributed by atoms with E-state index in [4.69, 9.17) is 0 Å². The van der Waals surface area contributed by atoms with Crippen LogP contribution in [0, 0.1) is 0 Å². The fourth-order valence-corrected chi connectivity index (χ4v) is 0.835. The van der Waals surface area contributed by atoms with Crippen LogP contribution in [-0.2, 0) is 6.67 Å². The van der Waals surface area contributed by atoms with Crippen molar-refractivity contribution in [1.29, 1.82) is 0 Å². The second-order valence-corrected chi connectivity index (χ2v) is 2.33. The van der Waals surface area contributed by atoms with E-state index in [2.05, 4.69) is 9.72 Å². The number of aromatic nitrogens is 1. The van der Waals surface area contributed by atoms with Gasteiger partial charge in [0.2, 0.25) is 5.43 Å². The highest BCUT2D eigenvalue weighted by atomic mass is 19.4. The third-order valence-corrected chi connectivity index (χ3v) is 1.34. The lowest BCUT2D eigenvalue weighted by Gasteiger charge is -2.09. The molecule has 0 aliphatic rings. The molecule has 0 atom stereocenters. The molecule has 0 spiro atoms. The van der Waals surface area contributed by atoms with Crippen LogP contribution >= 0.6 is 0 Å². The summed E-state index contributed by atoms with van der Waals surface area (Å²) in [4.78, 5) is 13.0. The maximum absolute atomic E-state index is 12.1. The zero-order chi connectivity index (χ0) is 10.8. The topological polar surface area (TPSA) is 42.1 Å². The number of aromatic amines is 1. The molecule has 0 bridgehead atoms. The van der Waals surface area contributed by atoms with Gasteiger partial charge in [-0.15, -0.1) is 13.2 Å². The summed E-state index contributed by atoms with van der Waals surface area (Å²) in [7, 11) is 0. The van der Waals surface area contributed by atoms with Crippen LogP contribution in [0.25, 0.3) is 0 Å². The average Bonchev–Trinajstić information content (AvgIpc) is 2.06. The highest BCUT2D eigenvalue weighted by Crippen LogP contribution is 2.22. The zero-order valence-corrected chi connectivity index (χ0v) is 6.69. The first-order valence-corrected chi connectivity index (χ1v) is 3.46. The Hall–Kier alpha value is -1.53. The molecule has 1 rings (SSSR count). The third kappa shape index (κ3) is 2.48. The predicted octanol–water partition coefficient (Wildman–Crippen LogP) is 1.74. The van der Waals surface area contributed by atoms with E-state index in [9.17, 15) is 22.4 Å². The van der Waals surface area contributed by atoms with Gasteiger partial charge in [0, 0.05) is 12.3 Å². The predicted molar refractivity (Wildman–Crippen MR) is 38.6 cm³/mol. The molecule has 0 fully saturated rings. The molecule has 1 N–H and O–H groups in total. The maximum atomic E-state index is 12.1. The lowest BCUT2D eigenvalue weighted by atomic mass is 10.3. The summed E-state index contributed by atoms with van der Waals surface area (Å²) in [5.74, 6) is -1.05. The van der Waals surface area contributed by atoms with Crippen molar-refractivity contribution in [2.24, 2.45) is 0 Å². The van der Waals surface area contributed by atoms with Crippen LogP contribution in [0.3, 0.4) is 0 Å². The van der Waals surface area contributed by atoms with E-state index in [1.54, 1.807) is 0 Å². The number of nitrogens with one attached hydrogen (secondary N) is 1. The van der Waals surface area contributed by atoms with Crippen LogP contribution in [-0.4, -0.2) is 11.3 Å². The summed E-state index contributed by atoms with van der Waals surface area (Å²) >= 11 is 0. The molecule has 14 heavy (non-hydrogen) atoms. The summed E-state index contributed by atoms with van der Waals surface area (Å²) in [6.45, 7) is -1.23. The van der Waals surface area contributed by atoms with Crippen LogP contribution < -0.4 is 10.2 Å². The standard InChI is InChI=1S/C7H5F4NO2/c8-3-4-6(14-7(9,10)11)5(13)1-2-12-4/h1-2H,3H2,(H,12,13). The molecule has 0 amide bonds. The lowest BCUT2D eigenvalue weighted by Crippen LogP contribution is -2.23. The van der Waals surface area contributed by atoms with Crippen molar-refractivity contribution in [1.82, 2.24) is 4.98 Å². The molecule has 1 aromatic rings. The second kappa shape index (κ2) is 3.69. The smallest absolute Gasteiger partial charge is 0.400 e. The Morgan fingerprint density at radius 1 is 1.43 bits per heavy atom. The third-order valence-electron chi connectivity index (χ3n) is 1.34. The Morgan fingerprint density at radius 3 is 2.57 bits per heavy atom. The van der Waals surface area contributed by atoms with Crippen LogP contribution in [0.4, 0.5) is 17.6 Å². The fraction of sp³-hybridized carbons (Fsp3) is 0.286. The fourth-order valence-electron chi connectivity index (χ4n) is 0.835. The first-order chi connectivity index (χ1) is 6.44. The summed E-state index contributed by atoms with van der Waals surface area (Å²) in [6, 6.07) is 0.820. The first-order valence-electron chi connectivity index (χ1n) is 3.46. The minimum absolute atomic E-state index is 0.533. The number of rotatable bonds is 2. The average molecular weight is 211 g/mol. The zero-order valence-electron chi connectivity index (χ0n) is 6.69. The van der Waals surface area contributed by atoms with Gasteiger partial charge in [-0.1, -0.05) is 0 Å². The van der Waals surface area contributed by atoms with E-state index < -0.39 is 29.9 Å². The molecule has 0 aromatic carbocycles. The van der Waals surface area contributed by atoms with Crippen molar-refractivity contribution in [3.8, 4) is 5.75 Å². The van der Waals surface area contributed by atoms with Crippen molar-refractivity contribution in [2.45, 2.75) is 13.0 Å². The molecule has 0 saturated carbocycles. The Labute approximate surface area is 75.3 Å². The van der Waals surface area contributed by atoms with E-state index in [-0.39, 0.29) is 0 Å². The van der Waals surface area contributed by atoms with E-state index in [0.29, 0.717) is 0 Å². The number of ether oxygens (including phenoxy) is 1. The Morgan fingerprint density at radius 2 is 2.07 bits per heavy atom. The van der Waals surface area contributed by atoms with Crippen LogP contribution in [0.2, 0.25) is 0 Å². The second-order valence-electron chi connectivity index (χ2n) is 2.33. The van der Waals surface area contributed by atoms with E-state index in [0.717, 1.165) is 12.3 Å². The number of hydrogen-bond donors (Lipinski definition) is 1. The van der Waals surface area contributed by atoms with E-state index in [1.165, 1.54) is 0 Å². The van der Waals surface area contributed by atoms with E-state index in [1.807, 2.05) is 0 Å². The number of alkyl halides is 4. The van der Waals surface area contributed by atoms with Gasteiger partial charge < -0.3 is 9.72 Å². The van der Waals surface area contributed by atoms with Gasteiger partial charge in [0.25, 0.3) is 0 Å². The number of halogens is 4. The summed E-state index contributed by atoms with van der Waals surface area (Å²) in [5, 5.41) is 0. The number of H-pyrrole nitrogens is 1. The molecule has 0 aliphatic heterocycles. The van der Waals surface area contributed by atoms with Crippen molar-refractivity contribution in [2.75, 3.05) is 0 Å². The highest BCUT2D eigenvalue weighted by Gasteiger charge is 2.33. The maximum Gasteiger partial charge on any atom is 0.573 e. The summed E-state index contributed by atoms with van der Waals surface area (Å²) in [6.07, 6.45) is -3.96. The molecular weight excluding hydrogens is 206 g/mol. The Bertz CT molecular complexity index is 371. The molecule has 78 valence electrons. The molecule has 0 saturated heterocycles. The summed E-state index contributed by atoms with van der Waals surface area (Å²) < 4.78 is 50.7. The Kier molecular flexibility index (Phi) is 2.78. The largest absolute Gasteiger partial charge is 0.573 e. The quantitative estimate of drug-likeness (QED) is 0.757. The van der Waals surface area contributed by atoms with Gasteiger partial charge in [-0.3, -0.25) is 4.79 Å². The SMILES string of the molecule is O=c1cc[nH]c(CF)c1OC(F)(F)F. The Balaban J connectivity index is 3.12. The van der Waals surface area contributed by atoms with Crippen molar-refractivity contribution < 1.29 is 22.3 Å². The first kappa shape index (κ1) is 10.6. The highest BCUT2D eigenvalue weighted by molar-refractivity contribution is 5.26. The van der Waals surface area contributed by atoms with Gasteiger partial charge >= 0.3 is 6.36 Å². The lowest BCUT2D eigenvalue weighted by molar-refractivity contribution is -0.275. The van der Waals surface area contributed by atoms with Gasteiger partial charge in [0.1, 0.15) is 6.67 Å². The minimum Gasteiger partial charge on any atom is -0.400 e. The van der Waals surface area contributed by atoms with Gasteiger partial charge in [-0.05, 0) is 0 Å². The van der Waals surface area contributed by atoms with Gasteiger partial charge in [0.15, 0.2) is 5.75 Å². The molecule has 0 radical (unpaired) electrons. The van der Waals surface area contributed by atoms with Gasteiger partial charge in [0.05, 0.1) is 5.69 Å². The van der Waals surface area contributed by atoms with E-state index >= 15 is 0 Å². The van der Waals surface area contributed by atoms with Gasteiger partial charge in [-0.2, -0.15) is 0 Å². The normalized spacial score (nSPS) is 11.4. The minimum atomic E-state index is -5.00. The number of hydrogen-bond acceptors (Lipinski definition) is 2. The van der Waals surface area contributed by atoms with Crippen LogP contribution in [0.1, 0.15) is 5.69 Å². The molecule has 1 aromatic heterocycles. The monoisotopic (exact) mass is 211 g/mol.